The van der Waals surface area contributed by atoms with E-state index < -0.39 is 11.7 Å². The van der Waals surface area contributed by atoms with Gasteiger partial charge < -0.3 is 15.0 Å². The molecule has 0 aromatic heterocycles. The van der Waals surface area contributed by atoms with Crippen LogP contribution in [0.4, 0.5) is 18.9 Å². The molecule has 1 aromatic carbocycles. The number of thiocarbonyl (C=S) groups is 1. The summed E-state index contributed by atoms with van der Waals surface area (Å²) in [6, 6.07) is 5.30. The van der Waals surface area contributed by atoms with Gasteiger partial charge in [0.2, 0.25) is 0 Å². The molecule has 1 fully saturated rings. The van der Waals surface area contributed by atoms with Gasteiger partial charge in [0.25, 0.3) is 0 Å². The van der Waals surface area contributed by atoms with Crippen molar-refractivity contribution in [2.45, 2.75) is 6.18 Å². The summed E-state index contributed by atoms with van der Waals surface area (Å²) in [5, 5.41) is 2.96. The average molecular weight is 290 g/mol. The van der Waals surface area contributed by atoms with Crippen molar-refractivity contribution in [1.29, 1.82) is 0 Å². The van der Waals surface area contributed by atoms with Crippen LogP contribution in [0.25, 0.3) is 0 Å². The Balaban J connectivity index is 2.12. The van der Waals surface area contributed by atoms with Crippen molar-refractivity contribution < 1.29 is 17.9 Å². The highest BCUT2D eigenvalue weighted by Crippen LogP contribution is 2.34. The molecule has 19 heavy (non-hydrogen) atoms. The summed E-state index contributed by atoms with van der Waals surface area (Å²) in [4.78, 5) is 1.80. The first-order chi connectivity index (χ1) is 8.98. The second-order valence-electron chi connectivity index (χ2n) is 4.07. The van der Waals surface area contributed by atoms with Gasteiger partial charge in [-0.2, -0.15) is 13.2 Å². The molecule has 1 N–H and O–H groups in total. The third-order valence-corrected chi connectivity index (χ3v) is 3.13. The van der Waals surface area contributed by atoms with Crippen molar-refractivity contribution in [2.24, 2.45) is 0 Å². The minimum Gasteiger partial charge on any atom is -0.378 e. The molecular weight excluding hydrogens is 277 g/mol. The van der Waals surface area contributed by atoms with Gasteiger partial charge in [-0.05, 0) is 24.4 Å². The van der Waals surface area contributed by atoms with Gasteiger partial charge >= 0.3 is 6.18 Å². The van der Waals surface area contributed by atoms with E-state index in [1.165, 1.54) is 12.1 Å². The van der Waals surface area contributed by atoms with Crippen LogP contribution in [0.2, 0.25) is 0 Å². The molecule has 2 rings (SSSR count). The fraction of sp³-hybridized carbons (Fsp3) is 0.417. The molecular formula is C12H13F3N2OS. The summed E-state index contributed by atoms with van der Waals surface area (Å²) in [7, 11) is 0. The number of ether oxygens (including phenoxy) is 1. The second kappa shape index (κ2) is 5.75. The van der Waals surface area contributed by atoms with Crippen LogP contribution in [0.3, 0.4) is 0 Å². The van der Waals surface area contributed by atoms with Crippen LogP contribution >= 0.6 is 12.2 Å². The first kappa shape index (κ1) is 14.1. The topological polar surface area (TPSA) is 24.5 Å². The number of para-hydroxylation sites is 1. The van der Waals surface area contributed by atoms with Crippen molar-refractivity contribution in [3.8, 4) is 0 Å². The maximum absolute atomic E-state index is 12.8. The zero-order valence-electron chi connectivity index (χ0n) is 10.0. The van der Waals surface area contributed by atoms with E-state index in [0.29, 0.717) is 31.4 Å². The van der Waals surface area contributed by atoms with Crippen molar-refractivity contribution in [2.75, 3.05) is 31.6 Å². The van der Waals surface area contributed by atoms with Crippen molar-refractivity contribution in [3.05, 3.63) is 29.8 Å². The van der Waals surface area contributed by atoms with Crippen molar-refractivity contribution in [3.63, 3.8) is 0 Å². The fourth-order valence-electron chi connectivity index (χ4n) is 1.80. The zero-order chi connectivity index (χ0) is 13.9. The summed E-state index contributed by atoms with van der Waals surface area (Å²) < 4.78 is 43.6. The van der Waals surface area contributed by atoms with E-state index in [9.17, 15) is 13.2 Å². The lowest BCUT2D eigenvalue weighted by Crippen LogP contribution is -2.43. The second-order valence-corrected chi connectivity index (χ2v) is 4.46. The number of rotatable bonds is 1. The van der Waals surface area contributed by atoms with Gasteiger partial charge in [-0.1, -0.05) is 12.1 Å². The highest BCUT2D eigenvalue weighted by atomic mass is 32.1. The monoisotopic (exact) mass is 290 g/mol. The third kappa shape index (κ3) is 3.57. The van der Waals surface area contributed by atoms with Gasteiger partial charge in [0.15, 0.2) is 5.11 Å². The normalized spacial score (nSPS) is 16.3. The molecule has 0 spiro atoms. The van der Waals surface area contributed by atoms with E-state index in [1.807, 2.05) is 0 Å². The molecule has 1 aromatic rings. The molecule has 0 atom stereocenters. The lowest BCUT2D eigenvalue weighted by molar-refractivity contribution is -0.136. The lowest BCUT2D eigenvalue weighted by atomic mass is 10.1. The SMILES string of the molecule is FC(F)(F)c1ccccc1NC(=S)N1CCOCC1. The molecule has 1 heterocycles. The van der Waals surface area contributed by atoms with Crippen molar-refractivity contribution in [1.82, 2.24) is 4.90 Å². The molecule has 104 valence electrons. The minimum atomic E-state index is -4.40. The van der Waals surface area contributed by atoms with E-state index in [1.54, 1.807) is 11.0 Å². The molecule has 0 aliphatic carbocycles. The van der Waals surface area contributed by atoms with Crippen LogP contribution in [0.5, 0.6) is 0 Å². The van der Waals surface area contributed by atoms with E-state index >= 15 is 0 Å². The Bertz CT molecular complexity index is 459. The number of halogens is 3. The van der Waals surface area contributed by atoms with Crippen LogP contribution in [-0.2, 0) is 10.9 Å². The number of morpholine rings is 1. The Morgan fingerprint density at radius 1 is 1.21 bits per heavy atom. The summed E-state index contributed by atoms with van der Waals surface area (Å²) in [6.07, 6.45) is -4.40. The molecule has 1 aliphatic heterocycles. The Labute approximate surface area is 114 Å². The van der Waals surface area contributed by atoms with E-state index in [2.05, 4.69) is 5.32 Å². The molecule has 3 nitrogen and oxygen atoms in total. The maximum atomic E-state index is 12.8. The predicted molar refractivity (Wildman–Crippen MR) is 70.1 cm³/mol. The van der Waals surface area contributed by atoms with E-state index in [0.717, 1.165) is 6.07 Å². The molecule has 0 amide bonds. The van der Waals surface area contributed by atoms with Crippen molar-refractivity contribution >= 4 is 23.0 Å². The molecule has 1 aliphatic rings. The summed E-state index contributed by atoms with van der Waals surface area (Å²) in [5.74, 6) is 0. The van der Waals surface area contributed by atoms with Gasteiger partial charge in [-0.3, -0.25) is 0 Å². The van der Waals surface area contributed by atoms with Gasteiger partial charge in [0.05, 0.1) is 24.5 Å². The number of benzene rings is 1. The number of nitrogens with one attached hydrogen (secondary N) is 1. The maximum Gasteiger partial charge on any atom is 0.418 e. The smallest absolute Gasteiger partial charge is 0.378 e. The van der Waals surface area contributed by atoms with Crippen LogP contribution in [0, 0.1) is 0 Å². The first-order valence-electron chi connectivity index (χ1n) is 5.78. The number of hydrogen-bond donors (Lipinski definition) is 1. The fourth-order valence-corrected chi connectivity index (χ4v) is 2.09. The minimum absolute atomic E-state index is 0.0218. The molecule has 0 saturated carbocycles. The Kier molecular flexibility index (Phi) is 4.26. The van der Waals surface area contributed by atoms with Crippen LogP contribution in [0.15, 0.2) is 24.3 Å². The van der Waals surface area contributed by atoms with E-state index in [-0.39, 0.29) is 5.69 Å². The predicted octanol–water partition coefficient (Wildman–Crippen LogP) is 2.73. The van der Waals surface area contributed by atoms with Crippen LogP contribution < -0.4 is 5.32 Å². The Morgan fingerprint density at radius 3 is 2.47 bits per heavy atom. The molecule has 0 radical (unpaired) electrons. The number of hydrogen-bond acceptors (Lipinski definition) is 2. The number of nitrogens with zero attached hydrogens (tertiary/aromatic N) is 1. The quantitative estimate of drug-likeness (QED) is 0.804. The number of anilines is 1. The van der Waals surface area contributed by atoms with Gasteiger partial charge in [-0.25, -0.2) is 0 Å². The highest BCUT2D eigenvalue weighted by molar-refractivity contribution is 7.80. The Hall–Kier alpha value is -1.34. The van der Waals surface area contributed by atoms with Crippen LogP contribution in [-0.4, -0.2) is 36.3 Å². The van der Waals surface area contributed by atoms with Gasteiger partial charge in [-0.15, -0.1) is 0 Å². The van der Waals surface area contributed by atoms with E-state index in [4.69, 9.17) is 17.0 Å². The van der Waals surface area contributed by atoms with Gasteiger partial charge in [0.1, 0.15) is 0 Å². The third-order valence-electron chi connectivity index (χ3n) is 2.77. The molecule has 0 unspecified atom stereocenters. The summed E-state index contributed by atoms with van der Waals surface area (Å²) >= 11 is 5.13. The molecule has 1 saturated heterocycles. The highest BCUT2D eigenvalue weighted by Gasteiger charge is 2.33. The first-order valence-corrected chi connectivity index (χ1v) is 6.19. The Morgan fingerprint density at radius 2 is 1.84 bits per heavy atom. The standard InChI is InChI=1S/C12H13F3N2OS/c13-12(14,15)9-3-1-2-4-10(9)16-11(19)17-5-7-18-8-6-17/h1-4H,5-8H2,(H,16,19). The molecule has 7 heteroatoms. The number of alkyl halides is 3. The largest absolute Gasteiger partial charge is 0.418 e. The lowest BCUT2D eigenvalue weighted by Gasteiger charge is -2.29. The van der Waals surface area contributed by atoms with Crippen LogP contribution in [0.1, 0.15) is 5.56 Å². The summed E-state index contributed by atoms with van der Waals surface area (Å²) in [5.41, 5.74) is -0.739. The zero-order valence-corrected chi connectivity index (χ0v) is 10.9. The average Bonchev–Trinajstić information content (AvgIpc) is 2.39. The van der Waals surface area contributed by atoms with Gasteiger partial charge in [0, 0.05) is 13.1 Å². The molecule has 0 bridgehead atoms. The summed E-state index contributed by atoms with van der Waals surface area (Å²) in [6.45, 7) is 2.23.